The number of carbonyl (C=O) groups excluding carboxylic acids is 1. The molecule has 0 saturated heterocycles. The maximum absolute atomic E-state index is 12.0. The minimum atomic E-state index is -0.566. The first-order chi connectivity index (χ1) is 9.65. The van der Waals surface area contributed by atoms with Crippen LogP contribution in [0.5, 0.6) is 0 Å². The van der Waals surface area contributed by atoms with Gasteiger partial charge in [0.25, 0.3) is 0 Å². The van der Waals surface area contributed by atoms with Gasteiger partial charge in [0.2, 0.25) is 5.82 Å². The van der Waals surface area contributed by atoms with Gasteiger partial charge in [-0.1, -0.05) is 17.7 Å². The lowest BCUT2D eigenvalue weighted by molar-refractivity contribution is -0.714. The Morgan fingerprint density at radius 3 is 2.95 bits per heavy atom. The smallest absolute Gasteiger partial charge is 0.343 e. The molecule has 2 aromatic rings. The van der Waals surface area contributed by atoms with E-state index in [0.29, 0.717) is 22.0 Å². The van der Waals surface area contributed by atoms with Crippen LogP contribution in [0.3, 0.4) is 0 Å². The topological polar surface area (TPSA) is 66.7 Å². The highest BCUT2D eigenvalue weighted by Crippen LogP contribution is 2.25. The van der Waals surface area contributed by atoms with Gasteiger partial charge >= 0.3 is 5.97 Å². The Bertz CT molecular complexity index is 715. The van der Waals surface area contributed by atoms with Crippen LogP contribution in [0, 0.1) is 5.21 Å². The first-order valence-corrected chi connectivity index (χ1v) is 6.22. The number of pyridine rings is 1. The van der Waals surface area contributed by atoms with Crippen LogP contribution in [-0.2, 0) is 4.74 Å². The zero-order valence-electron chi connectivity index (χ0n) is 10.2. The Balaban J connectivity index is 1.86. The summed E-state index contributed by atoms with van der Waals surface area (Å²) < 4.78 is 5.25. The van der Waals surface area contributed by atoms with Crippen molar-refractivity contribution in [2.75, 3.05) is 0 Å². The molecule has 6 heteroatoms. The van der Waals surface area contributed by atoms with E-state index in [4.69, 9.17) is 16.3 Å². The molecule has 100 valence electrons. The molecule has 0 fully saturated rings. The molecule has 0 spiro atoms. The minimum absolute atomic E-state index is 0.211. The number of benzene rings is 1. The molecule has 1 aliphatic heterocycles. The Morgan fingerprint density at radius 1 is 1.30 bits per heavy atom. The third kappa shape index (κ3) is 2.30. The summed E-state index contributed by atoms with van der Waals surface area (Å²) in [5, 5.41) is 11.9. The van der Waals surface area contributed by atoms with Crippen molar-refractivity contribution < 1.29 is 14.6 Å². The van der Waals surface area contributed by atoms with Crippen molar-refractivity contribution in [1.82, 2.24) is 4.98 Å². The number of esters is 1. The lowest BCUT2D eigenvalue weighted by atomic mass is 10.2. The van der Waals surface area contributed by atoms with Crippen molar-refractivity contribution in [1.29, 1.82) is 0 Å². The summed E-state index contributed by atoms with van der Waals surface area (Å²) in [4.78, 5) is 16.0. The average molecular weight is 289 g/mol. The maximum Gasteiger partial charge on any atom is 0.343 e. The number of hydroxylamine groups is 1. The summed E-state index contributed by atoms with van der Waals surface area (Å²) in [6.07, 6.45) is 2.78. The van der Waals surface area contributed by atoms with E-state index in [2.05, 4.69) is 4.98 Å². The van der Waals surface area contributed by atoms with Crippen LogP contribution < -0.4 is 5.06 Å². The summed E-state index contributed by atoms with van der Waals surface area (Å²) in [5.74, 6) is -0.0623. The van der Waals surface area contributed by atoms with Crippen LogP contribution in [0.25, 0.3) is 5.76 Å². The highest BCUT2D eigenvalue weighted by molar-refractivity contribution is 6.30. The summed E-state index contributed by atoms with van der Waals surface area (Å²) in [6, 6.07) is 9.78. The Kier molecular flexibility index (Phi) is 3.23. The second kappa shape index (κ2) is 5.05. The lowest BCUT2D eigenvalue weighted by Gasteiger charge is -2.09. The summed E-state index contributed by atoms with van der Waals surface area (Å²) in [7, 11) is 0. The number of nitrogens with one attached hydrogen (secondary N) is 1. The lowest BCUT2D eigenvalue weighted by Crippen LogP contribution is -2.96. The maximum atomic E-state index is 12.0. The van der Waals surface area contributed by atoms with Crippen molar-refractivity contribution in [2.45, 2.75) is 0 Å². The minimum Gasteiger partial charge on any atom is -0.623 e. The zero-order chi connectivity index (χ0) is 14.1. The molecule has 1 aromatic carbocycles. The first-order valence-electron chi connectivity index (χ1n) is 5.84. The number of carbonyl (C=O) groups is 1. The predicted octanol–water partition coefficient (Wildman–Crippen LogP) is 1.92. The second-order valence-electron chi connectivity index (χ2n) is 4.17. The molecule has 1 unspecified atom stereocenters. The highest BCUT2D eigenvalue weighted by Gasteiger charge is 2.26. The first kappa shape index (κ1) is 12.8. The van der Waals surface area contributed by atoms with Gasteiger partial charge in [-0.15, -0.1) is 0 Å². The van der Waals surface area contributed by atoms with Crippen LogP contribution in [0.2, 0.25) is 5.02 Å². The number of fused-ring (bicyclic) bond motifs is 1. The van der Waals surface area contributed by atoms with Gasteiger partial charge < -0.3 is 9.94 Å². The Labute approximate surface area is 119 Å². The number of nitrogens with zero attached hydrogens (tertiary/aromatic N) is 1. The van der Waals surface area contributed by atoms with Crippen LogP contribution in [0.1, 0.15) is 15.9 Å². The molecule has 0 saturated carbocycles. The number of rotatable bonds is 2. The number of aromatic nitrogens is 1. The molecule has 0 bridgehead atoms. The van der Waals surface area contributed by atoms with Crippen LogP contribution in [-0.4, -0.2) is 11.0 Å². The molecule has 0 aliphatic carbocycles. The molecule has 0 amide bonds. The largest absolute Gasteiger partial charge is 0.623 e. The fourth-order valence-corrected chi connectivity index (χ4v) is 2.11. The molecule has 1 aromatic heterocycles. The molecule has 0 radical (unpaired) electrons. The average Bonchev–Trinajstić information content (AvgIpc) is 2.76. The van der Waals surface area contributed by atoms with E-state index >= 15 is 0 Å². The molecule has 1 N–H and O–H groups in total. The van der Waals surface area contributed by atoms with E-state index in [0.717, 1.165) is 0 Å². The molecule has 1 aliphatic rings. The summed E-state index contributed by atoms with van der Waals surface area (Å²) in [6.45, 7) is 0. The van der Waals surface area contributed by atoms with Gasteiger partial charge in [0.05, 0.1) is 5.56 Å². The molecule has 5 nitrogen and oxygen atoms in total. The van der Waals surface area contributed by atoms with Crippen molar-refractivity contribution >= 4 is 29.1 Å². The molecule has 1 atom stereocenters. The van der Waals surface area contributed by atoms with Gasteiger partial charge in [-0.3, -0.25) is 5.06 Å². The van der Waals surface area contributed by atoms with Crippen molar-refractivity contribution in [3.8, 4) is 0 Å². The van der Waals surface area contributed by atoms with Gasteiger partial charge in [0.15, 0.2) is 5.76 Å². The van der Waals surface area contributed by atoms with E-state index in [1.807, 2.05) is 0 Å². The number of halogens is 1. The summed E-state index contributed by atoms with van der Waals surface area (Å²) in [5.41, 5.74) is 0.844. The predicted molar refractivity (Wildman–Crippen MR) is 73.1 cm³/mol. The van der Waals surface area contributed by atoms with Crippen molar-refractivity contribution in [3.05, 3.63) is 70.2 Å². The number of ether oxygens (including phenoxy) is 1. The summed E-state index contributed by atoms with van der Waals surface area (Å²) >= 11 is 5.82. The highest BCUT2D eigenvalue weighted by atomic mass is 35.5. The van der Waals surface area contributed by atoms with E-state index in [-0.39, 0.29) is 10.8 Å². The van der Waals surface area contributed by atoms with Crippen molar-refractivity contribution in [2.24, 2.45) is 0 Å². The van der Waals surface area contributed by atoms with Crippen molar-refractivity contribution in [3.63, 3.8) is 0 Å². The van der Waals surface area contributed by atoms with Crippen LogP contribution in [0.4, 0.5) is 5.82 Å². The monoisotopic (exact) mass is 288 g/mol. The standard InChI is InChI=1S/C14H9ClN2O3/c15-10-4-1-3-9(7-10)14(18)20-12-8-17(19)13-11(12)5-2-6-16-13/h1-8,17H. The molecule has 3 rings (SSSR count). The number of hydrogen-bond donors (Lipinski definition) is 1. The molecular weight excluding hydrogens is 280 g/mol. The van der Waals surface area contributed by atoms with E-state index in [1.165, 1.54) is 18.5 Å². The van der Waals surface area contributed by atoms with E-state index in [9.17, 15) is 10.0 Å². The third-order valence-electron chi connectivity index (χ3n) is 2.83. The second-order valence-corrected chi connectivity index (χ2v) is 4.61. The number of quaternary nitrogens is 1. The van der Waals surface area contributed by atoms with Gasteiger partial charge in [-0.2, -0.15) is 0 Å². The van der Waals surface area contributed by atoms with E-state index in [1.54, 1.807) is 30.3 Å². The molecule has 2 heterocycles. The SMILES string of the molecule is O=C(OC1=C[NH+]([O-])c2ncccc21)c1cccc(Cl)c1. The number of hydrogen-bond acceptors (Lipinski definition) is 4. The Morgan fingerprint density at radius 2 is 2.15 bits per heavy atom. The molecular formula is C14H9ClN2O3. The zero-order valence-corrected chi connectivity index (χ0v) is 10.9. The van der Waals surface area contributed by atoms with Crippen LogP contribution in [0.15, 0.2) is 48.8 Å². The Hall–Kier alpha value is -2.21. The quantitative estimate of drug-likeness (QED) is 0.677. The fourth-order valence-electron chi connectivity index (χ4n) is 1.92. The van der Waals surface area contributed by atoms with Crippen LogP contribution >= 0.6 is 11.6 Å². The van der Waals surface area contributed by atoms with Gasteiger partial charge in [-0.05, 0) is 30.3 Å². The van der Waals surface area contributed by atoms with E-state index < -0.39 is 5.97 Å². The normalized spacial score (nSPS) is 16.5. The van der Waals surface area contributed by atoms with Gasteiger partial charge in [0, 0.05) is 11.2 Å². The third-order valence-corrected chi connectivity index (χ3v) is 3.07. The fraction of sp³-hybridized carbons (Fsp3) is 0. The van der Waals surface area contributed by atoms with Gasteiger partial charge in [0.1, 0.15) is 11.8 Å². The molecule has 20 heavy (non-hydrogen) atoms. The van der Waals surface area contributed by atoms with Gasteiger partial charge in [-0.25, -0.2) is 9.78 Å².